The van der Waals surface area contributed by atoms with Crippen molar-refractivity contribution >= 4 is 23.3 Å². The average molecular weight is 369 g/mol. The number of ether oxygens (including phenoxy) is 2. The Kier molecular flexibility index (Phi) is 6.71. The first kappa shape index (κ1) is 20.2. The van der Waals surface area contributed by atoms with E-state index in [-0.39, 0.29) is 12.4 Å². The number of carbonyl (C=O) groups is 3. The van der Waals surface area contributed by atoms with Crippen molar-refractivity contribution in [3.05, 3.63) is 59.2 Å². The van der Waals surface area contributed by atoms with Crippen molar-refractivity contribution in [2.75, 3.05) is 11.9 Å². The van der Waals surface area contributed by atoms with Crippen LogP contribution in [0.3, 0.4) is 0 Å². The van der Waals surface area contributed by atoms with E-state index in [0.29, 0.717) is 17.0 Å². The zero-order valence-corrected chi connectivity index (χ0v) is 15.9. The molecular formula is C21H23NO5. The first-order valence-corrected chi connectivity index (χ1v) is 8.57. The quantitative estimate of drug-likeness (QED) is 0.597. The minimum atomic E-state index is -0.957. The summed E-state index contributed by atoms with van der Waals surface area (Å²) in [6.45, 7) is 6.45. The van der Waals surface area contributed by atoms with E-state index in [9.17, 15) is 14.4 Å². The Balaban J connectivity index is 1.84. The van der Waals surface area contributed by atoms with Crippen molar-refractivity contribution in [2.24, 2.45) is 0 Å². The minimum absolute atomic E-state index is 0.0513. The second-order valence-corrected chi connectivity index (χ2v) is 6.31. The molecule has 0 aliphatic heterocycles. The van der Waals surface area contributed by atoms with Gasteiger partial charge in [0.2, 0.25) is 0 Å². The number of anilines is 1. The molecule has 0 saturated carbocycles. The third-order valence-electron chi connectivity index (χ3n) is 3.95. The lowest BCUT2D eigenvalue weighted by Crippen LogP contribution is -2.31. The van der Waals surface area contributed by atoms with Gasteiger partial charge in [0.05, 0.1) is 0 Å². The van der Waals surface area contributed by atoms with Crippen molar-refractivity contribution in [1.29, 1.82) is 0 Å². The lowest BCUT2D eigenvalue weighted by Gasteiger charge is -2.15. The van der Waals surface area contributed by atoms with Gasteiger partial charge in [-0.1, -0.05) is 12.1 Å². The number of amides is 1. The SMILES string of the molecule is CC(=O)c1ccc(OCC(=O)O[C@H](C)C(=O)Nc2cc(C)ccc2C)cc1. The fourth-order valence-electron chi connectivity index (χ4n) is 2.32. The lowest BCUT2D eigenvalue weighted by atomic mass is 10.1. The molecule has 6 heteroatoms. The molecule has 0 bridgehead atoms. The van der Waals surface area contributed by atoms with Gasteiger partial charge in [0, 0.05) is 11.3 Å². The van der Waals surface area contributed by atoms with Crippen LogP contribution in [0, 0.1) is 13.8 Å². The second-order valence-electron chi connectivity index (χ2n) is 6.31. The molecule has 0 aromatic heterocycles. The monoisotopic (exact) mass is 369 g/mol. The molecule has 6 nitrogen and oxygen atoms in total. The number of hydrogen-bond donors (Lipinski definition) is 1. The van der Waals surface area contributed by atoms with Gasteiger partial charge in [-0.2, -0.15) is 0 Å². The summed E-state index contributed by atoms with van der Waals surface area (Å²) in [5.41, 5.74) is 3.18. The van der Waals surface area contributed by atoms with E-state index in [0.717, 1.165) is 11.1 Å². The molecule has 142 valence electrons. The molecule has 0 saturated heterocycles. The Morgan fingerprint density at radius 2 is 1.70 bits per heavy atom. The summed E-state index contributed by atoms with van der Waals surface area (Å²) in [6.07, 6.45) is -0.957. The van der Waals surface area contributed by atoms with E-state index in [1.165, 1.54) is 13.8 Å². The standard InChI is InChI=1S/C21H23NO5/c1-13-5-6-14(2)19(11-13)22-21(25)16(4)27-20(24)12-26-18-9-7-17(8-10-18)15(3)23/h5-11,16H,12H2,1-4H3,(H,22,25)/t16-/m1/s1. The Morgan fingerprint density at radius 3 is 2.33 bits per heavy atom. The summed E-state index contributed by atoms with van der Waals surface area (Å²) in [4.78, 5) is 35.4. The highest BCUT2D eigenvalue weighted by molar-refractivity contribution is 5.96. The molecule has 0 spiro atoms. The Hall–Kier alpha value is -3.15. The molecule has 0 unspecified atom stereocenters. The maximum absolute atomic E-state index is 12.2. The van der Waals surface area contributed by atoms with Gasteiger partial charge in [-0.3, -0.25) is 9.59 Å². The number of aryl methyl sites for hydroxylation is 2. The highest BCUT2D eigenvalue weighted by Crippen LogP contribution is 2.17. The van der Waals surface area contributed by atoms with Crippen molar-refractivity contribution in [3.63, 3.8) is 0 Å². The van der Waals surface area contributed by atoms with Gasteiger partial charge in [0.25, 0.3) is 5.91 Å². The molecule has 2 rings (SSSR count). The van der Waals surface area contributed by atoms with Crippen LogP contribution in [-0.4, -0.2) is 30.4 Å². The molecular weight excluding hydrogens is 346 g/mol. The fourth-order valence-corrected chi connectivity index (χ4v) is 2.32. The van der Waals surface area contributed by atoms with Gasteiger partial charge in [-0.05, 0) is 69.2 Å². The lowest BCUT2D eigenvalue weighted by molar-refractivity contribution is -0.155. The Labute approximate surface area is 158 Å². The first-order valence-electron chi connectivity index (χ1n) is 8.57. The number of ketones is 1. The van der Waals surface area contributed by atoms with Crippen LogP contribution in [0.2, 0.25) is 0 Å². The number of benzene rings is 2. The summed E-state index contributed by atoms with van der Waals surface area (Å²) in [7, 11) is 0. The molecule has 0 heterocycles. The molecule has 1 atom stereocenters. The van der Waals surface area contributed by atoms with Gasteiger partial charge in [0.1, 0.15) is 5.75 Å². The summed E-state index contributed by atoms with van der Waals surface area (Å²) < 4.78 is 10.4. The molecule has 2 aromatic carbocycles. The number of carbonyl (C=O) groups excluding carboxylic acids is 3. The van der Waals surface area contributed by atoms with Gasteiger partial charge >= 0.3 is 5.97 Å². The fraction of sp³-hybridized carbons (Fsp3) is 0.286. The Morgan fingerprint density at radius 1 is 1.04 bits per heavy atom. The molecule has 27 heavy (non-hydrogen) atoms. The van der Waals surface area contributed by atoms with Gasteiger partial charge < -0.3 is 14.8 Å². The van der Waals surface area contributed by atoms with Crippen LogP contribution < -0.4 is 10.1 Å². The van der Waals surface area contributed by atoms with Gasteiger partial charge in [0.15, 0.2) is 18.5 Å². The number of nitrogens with one attached hydrogen (secondary N) is 1. The predicted molar refractivity (Wildman–Crippen MR) is 102 cm³/mol. The number of hydrogen-bond acceptors (Lipinski definition) is 5. The summed E-state index contributed by atoms with van der Waals surface area (Å²) in [6, 6.07) is 12.1. The van der Waals surface area contributed by atoms with Crippen LogP contribution in [0.25, 0.3) is 0 Å². The van der Waals surface area contributed by atoms with E-state index < -0.39 is 18.0 Å². The molecule has 0 fully saturated rings. The summed E-state index contributed by atoms with van der Waals surface area (Å²) in [5, 5.41) is 2.76. The van der Waals surface area contributed by atoms with Crippen LogP contribution in [0.4, 0.5) is 5.69 Å². The van der Waals surface area contributed by atoms with Crippen LogP contribution in [-0.2, 0) is 14.3 Å². The molecule has 1 amide bonds. The van der Waals surface area contributed by atoms with Crippen LogP contribution in [0.15, 0.2) is 42.5 Å². The third kappa shape index (κ3) is 5.95. The van der Waals surface area contributed by atoms with Crippen molar-refractivity contribution in [1.82, 2.24) is 0 Å². The normalized spacial score (nSPS) is 11.4. The van der Waals surface area contributed by atoms with E-state index in [4.69, 9.17) is 9.47 Å². The van der Waals surface area contributed by atoms with Crippen LogP contribution >= 0.6 is 0 Å². The summed E-state index contributed by atoms with van der Waals surface area (Å²) >= 11 is 0. The Bertz CT molecular complexity index is 842. The summed E-state index contributed by atoms with van der Waals surface area (Å²) in [5.74, 6) is -0.689. The highest BCUT2D eigenvalue weighted by Gasteiger charge is 2.19. The zero-order chi connectivity index (χ0) is 20.0. The van der Waals surface area contributed by atoms with Gasteiger partial charge in [-0.15, -0.1) is 0 Å². The van der Waals surface area contributed by atoms with Crippen LogP contribution in [0.5, 0.6) is 5.75 Å². The second kappa shape index (κ2) is 8.98. The maximum Gasteiger partial charge on any atom is 0.344 e. The number of esters is 1. The molecule has 0 radical (unpaired) electrons. The first-order chi connectivity index (χ1) is 12.8. The molecule has 0 aliphatic carbocycles. The van der Waals surface area contributed by atoms with Crippen molar-refractivity contribution in [3.8, 4) is 5.75 Å². The molecule has 1 N–H and O–H groups in total. The van der Waals surface area contributed by atoms with Crippen molar-refractivity contribution in [2.45, 2.75) is 33.8 Å². The molecule has 2 aromatic rings. The highest BCUT2D eigenvalue weighted by atomic mass is 16.6. The van der Waals surface area contributed by atoms with E-state index in [1.807, 2.05) is 32.0 Å². The van der Waals surface area contributed by atoms with E-state index in [2.05, 4.69) is 5.32 Å². The molecule has 0 aliphatic rings. The average Bonchev–Trinajstić information content (AvgIpc) is 2.63. The smallest absolute Gasteiger partial charge is 0.344 e. The topological polar surface area (TPSA) is 81.7 Å². The van der Waals surface area contributed by atoms with E-state index in [1.54, 1.807) is 24.3 Å². The predicted octanol–water partition coefficient (Wildman–Crippen LogP) is 3.46. The van der Waals surface area contributed by atoms with Gasteiger partial charge in [-0.25, -0.2) is 4.79 Å². The number of rotatable bonds is 7. The number of Topliss-reactive ketones (excluding diaryl/α,β-unsaturated/α-hetero) is 1. The largest absolute Gasteiger partial charge is 0.482 e. The van der Waals surface area contributed by atoms with Crippen LogP contribution in [0.1, 0.15) is 35.3 Å². The van der Waals surface area contributed by atoms with E-state index >= 15 is 0 Å². The zero-order valence-electron chi connectivity index (χ0n) is 15.9. The maximum atomic E-state index is 12.2. The van der Waals surface area contributed by atoms with Crippen molar-refractivity contribution < 1.29 is 23.9 Å². The third-order valence-corrected chi connectivity index (χ3v) is 3.95. The minimum Gasteiger partial charge on any atom is -0.482 e.